The Hall–Kier alpha value is -0.250. The smallest absolute Gasteiger partial charge is 0.383 e. The van der Waals surface area contributed by atoms with Gasteiger partial charge < -0.3 is 5.11 Å². The first kappa shape index (κ1) is 7.85. The van der Waals surface area contributed by atoms with Gasteiger partial charge in [-0.25, -0.2) is 0 Å². The van der Waals surface area contributed by atoms with Crippen LogP contribution < -0.4 is 0 Å². The molecule has 0 saturated heterocycles. The minimum atomic E-state index is -4.41. The van der Waals surface area contributed by atoms with Gasteiger partial charge in [0.15, 0.2) is 6.10 Å². The van der Waals surface area contributed by atoms with Crippen molar-refractivity contribution in [2.75, 3.05) is 0 Å². The second-order valence-electron chi connectivity index (χ2n) is 2.68. The number of halogens is 3. The molecule has 1 atom stereocenters. The van der Waals surface area contributed by atoms with Gasteiger partial charge in [0.2, 0.25) is 0 Å². The van der Waals surface area contributed by atoms with Crippen LogP contribution in [0.1, 0.15) is 19.3 Å². The lowest BCUT2D eigenvalue weighted by Gasteiger charge is -2.31. The van der Waals surface area contributed by atoms with E-state index >= 15 is 0 Å². The van der Waals surface area contributed by atoms with Crippen molar-refractivity contribution in [2.24, 2.45) is 5.92 Å². The number of alkyl halides is 3. The van der Waals surface area contributed by atoms with E-state index in [-0.39, 0.29) is 0 Å². The zero-order chi connectivity index (χ0) is 7.78. The monoisotopic (exact) mass is 154 g/mol. The van der Waals surface area contributed by atoms with Crippen molar-refractivity contribution >= 4 is 0 Å². The van der Waals surface area contributed by atoms with Crippen molar-refractivity contribution < 1.29 is 18.3 Å². The summed E-state index contributed by atoms with van der Waals surface area (Å²) in [5, 5.41) is 8.58. The Morgan fingerprint density at radius 3 is 1.90 bits per heavy atom. The van der Waals surface area contributed by atoms with Gasteiger partial charge in [-0.05, 0) is 18.8 Å². The molecule has 1 saturated carbocycles. The van der Waals surface area contributed by atoms with Crippen LogP contribution in [-0.4, -0.2) is 17.4 Å². The summed E-state index contributed by atoms with van der Waals surface area (Å²) in [7, 11) is 0. The summed E-state index contributed by atoms with van der Waals surface area (Å²) in [4.78, 5) is 0. The third-order valence-corrected chi connectivity index (χ3v) is 1.93. The molecule has 1 aliphatic carbocycles. The molecule has 0 heterocycles. The summed E-state index contributed by atoms with van der Waals surface area (Å²) in [5.74, 6) is -0.528. The van der Waals surface area contributed by atoms with E-state index in [1.54, 1.807) is 0 Å². The topological polar surface area (TPSA) is 20.2 Å². The Morgan fingerprint density at radius 1 is 1.30 bits per heavy atom. The predicted octanol–water partition coefficient (Wildman–Crippen LogP) is 1.71. The molecule has 0 bridgehead atoms. The highest BCUT2D eigenvalue weighted by molar-refractivity contribution is 4.81. The van der Waals surface area contributed by atoms with Crippen molar-refractivity contribution in [3.63, 3.8) is 0 Å². The molecule has 1 nitrogen and oxygen atoms in total. The third-order valence-electron chi connectivity index (χ3n) is 1.93. The van der Waals surface area contributed by atoms with Crippen molar-refractivity contribution in [3.8, 4) is 0 Å². The molecule has 0 unspecified atom stereocenters. The van der Waals surface area contributed by atoms with Crippen LogP contribution in [0.5, 0.6) is 0 Å². The number of hydrogen-bond donors (Lipinski definition) is 1. The predicted molar refractivity (Wildman–Crippen MR) is 29.4 cm³/mol. The highest BCUT2D eigenvalue weighted by atomic mass is 19.4. The third kappa shape index (κ3) is 1.42. The van der Waals surface area contributed by atoms with Crippen molar-refractivity contribution in [2.45, 2.75) is 31.5 Å². The van der Waals surface area contributed by atoms with E-state index in [1.165, 1.54) is 0 Å². The molecule has 4 heteroatoms. The summed E-state index contributed by atoms with van der Waals surface area (Å²) in [5.41, 5.74) is 0. The highest BCUT2D eigenvalue weighted by Crippen LogP contribution is 2.36. The van der Waals surface area contributed by atoms with Crippen LogP contribution in [0.25, 0.3) is 0 Å². The quantitative estimate of drug-likeness (QED) is 0.609. The molecule has 0 aromatic rings. The Morgan fingerprint density at radius 2 is 1.80 bits per heavy atom. The lowest BCUT2D eigenvalue weighted by atomic mass is 9.81. The average molecular weight is 154 g/mol. The first-order chi connectivity index (χ1) is 4.52. The van der Waals surface area contributed by atoms with Gasteiger partial charge in [0.1, 0.15) is 0 Å². The first-order valence-electron chi connectivity index (χ1n) is 3.26. The minimum absolute atomic E-state index is 0.515. The molecular formula is C6H9F3O. The van der Waals surface area contributed by atoms with Crippen LogP contribution >= 0.6 is 0 Å². The molecule has 1 N–H and O–H groups in total. The van der Waals surface area contributed by atoms with E-state index in [0.29, 0.717) is 12.8 Å². The molecule has 0 spiro atoms. The molecule has 1 fully saturated rings. The Labute approximate surface area is 56.8 Å². The maximum absolute atomic E-state index is 11.7. The number of aliphatic hydroxyl groups excluding tert-OH is 1. The molecule has 0 aromatic heterocycles. The van der Waals surface area contributed by atoms with Crippen molar-refractivity contribution in [1.82, 2.24) is 0 Å². The van der Waals surface area contributed by atoms with Crippen molar-refractivity contribution in [3.05, 3.63) is 0 Å². The van der Waals surface area contributed by atoms with Crippen LogP contribution in [0.4, 0.5) is 13.2 Å². The Bertz CT molecular complexity index is 117. The molecule has 1 aliphatic rings. The van der Waals surface area contributed by atoms with Gasteiger partial charge in [0.05, 0.1) is 0 Å². The van der Waals surface area contributed by atoms with E-state index in [0.717, 1.165) is 6.42 Å². The van der Waals surface area contributed by atoms with E-state index in [2.05, 4.69) is 0 Å². The fourth-order valence-corrected chi connectivity index (χ4v) is 1.02. The summed E-state index contributed by atoms with van der Waals surface area (Å²) < 4.78 is 35.0. The molecule has 0 aliphatic heterocycles. The van der Waals surface area contributed by atoms with Gasteiger partial charge in [-0.15, -0.1) is 0 Å². The summed E-state index contributed by atoms with van der Waals surface area (Å²) >= 11 is 0. The largest absolute Gasteiger partial charge is 0.414 e. The molecule has 0 radical (unpaired) electrons. The van der Waals surface area contributed by atoms with Gasteiger partial charge in [0, 0.05) is 0 Å². The van der Waals surface area contributed by atoms with E-state index < -0.39 is 18.2 Å². The van der Waals surface area contributed by atoms with Gasteiger partial charge in [-0.1, -0.05) is 6.42 Å². The lowest BCUT2D eigenvalue weighted by molar-refractivity contribution is -0.226. The maximum atomic E-state index is 11.7. The van der Waals surface area contributed by atoms with Gasteiger partial charge in [-0.2, -0.15) is 13.2 Å². The van der Waals surface area contributed by atoms with Crippen molar-refractivity contribution in [1.29, 1.82) is 0 Å². The standard InChI is InChI=1S/C6H9F3O/c7-6(8,9)5(10)4-2-1-3-4/h4-5,10H,1-3H2/t5-/m1/s1. The molecule has 60 valence electrons. The fraction of sp³-hybridized carbons (Fsp3) is 1.00. The minimum Gasteiger partial charge on any atom is -0.383 e. The van der Waals surface area contributed by atoms with Gasteiger partial charge >= 0.3 is 6.18 Å². The van der Waals surface area contributed by atoms with Crippen LogP contribution in [0.2, 0.25) is 0 Å². The van der Waals surface area contributed by atoms with Crippen LogP contribution in [-0.2, 0) is 0 Å². The van der Waals surface area contributed by atoms with E-state index in [4.69, 9.17) is 5.11 Å². The fourth-order valence-electron chi connectivity index (χ4n) is 1.02. The summed E-state index contributed by atoms with van der Waals surface area (Å²) in [6.45, 7) is 0. The Kier molecular flexibility index (Phi) is 1.90. The molecule has 1 rings (SSSR count). The normalized spacial score (nSPS) is 24.0. The maximum Gasteiger partial charge on any atom is 0.414 e. The Balaban J connectivity index is 2.39. The van der Waals surface area contributed by atoms with Crippen LogP contribution in [0.3, 0.4) is 0 Å². The molecule has 0 aromatic carbocycles. The number of hydrogen-bond acceptors (Lipinski definition) is 1. The SMILES string of the molecule is O[C@H](C1CCC1)C(F)(F)F. The lowest BCUT2D eigenvalue weighted by Crippen LogP contribution is -2.39. The number of rotatable bonds is 1. The molecule has 10 heavy (non-hydrogen) atoms. The van der Waals surface area contributed by atoms with Gasteiger partial charge in [0.25, 0.3) is 0 Å². The average Bonchev–Trinajstić information content (AvgIpc) is 1.57. The van der Waals surface area contributed by atoms with Crippen LogP contribution in [0, 0.1) is 5.92 Å². The number of aliphatic hydroxyl groups is 1. The van der Waals surface area contributed by atoms with E-state index in [1.807, 2.05) is 0 Å². The zero-order valence-corrected chi connectivity index (χ0v) is 5.36. The highest BCUT2D eigenvalue weighted by Gasteiger charge is 2.45. The molecular weight excluding hydrogens is 145 g/mol. The summed E-state index contributed by atoms with van der Waals surface area (Å²) in [6, 6.07) is 0. The molecule has 0 amide bonds. The first-order valence-corrected chi connectivity index (χ1v) is 3.26. The van der Waals surface area contributed by atoms with E-state index in [9.17, 15) is 13.2 Å². The zero-order valence-electron chi connectivity index (χ0n) is 5.36. The summed E-state index contributed by atoms with van der Waals surface area (Å²) in [6.07, 6.45) is -4.65. The second kappa shape index (κ2) is 2.42. The van der Waals surface area contributed by atoms with Crippen LogP contribution in [0.15, 0.2) is 0 Å². The van der Waals surface area contributed by atoms with Gasteiger partial charge in [-0.3, -0.25) is 0 Å². The second-order valence-corrected chi connectivity index (χ2v) is 2.68.